The van der Waals surface area contributed by atoms with E-state index in [1.165, 1.54) is 49.7 Å². The third-order valence-corrected chi connectivity index (χ3v) is 3.96. The highest BCUT2D eigenvalue weighted by molar-refractivity contribution is 7.94. The van der Waals surface area contributed by atoms with Crippen LogP contribution in [0, 0.1) is 38.0 Å². The lowest BCUT2D eigenvalue weighted by molar-refractivity contribution is 0.365. The quantitative estimate of drug-likeness (QED) is 0.539. The van der Waals surface area contributed by atoms with Gasteiger partial charge in [-0.3, -0.25) is 0 Å². The first kappa shape index (κ1) is 19.7. The molecule has 1 aromatic carbocycles. The number of terminal acetylenes is 2. The molecule has 0 unspecified atom stereocenters. The normalized spacial score (nSPS) is 13.9. The van der Waals surface area contributed by atoms with Crippen molar-refractivity contribution in [3.8, 4) is 25.2 Å². The Bertz CT molecular complexity index is 407. The molecule has 0 atom stereocenters. The third kappa shape index (κ3) is 10.1. The second kappa shape index (κ2) is 13.6. The molecule has 0 N–H and O–H groups in total. The molecule has 1 aromatic rings. The zero-order chi connectivity index (χ0) is 15.9. The third-order valence-electron chi connectivity index (χ3n) is 3.33. The Morgan fingerprint density at radius 2 is 1.71 bits per heavy atom. The molecule has 1 fully saturated rings. The van der Waals surface area contributed by atoms with E-state index in [2.05, 4.69) is 37.8 Å². The summed E-state index contributed by atoms with van der Waals surface area (Å²) in [6, 6.07) is 8.23. The molecule has 1 saturated carbocycles. The minimum atomic E-state index is 0.865. The van der Waals surface area contributed by atoms with Gasteiger partial charge in [-0.05, 0) is 37.8 Å². The molecular formula is C19H26OS. The predicted octanol–water partition coefficient (Wildman–Crippen LogP) is 5.49. The van der Waals surface area contributed by atoms with Crippen LogP contribution in [0.1, 0.15) is 44.1 Å². The van der Waals surface area contributed by atoms with Gasteiger partial charge in [0.1, 0.15) is 0 Å². The van der Waals surface area contributed by atoms with E-state index in [9.17, 15) is 0 Å². The van der Waals surface area contributed by atoms with Crippen LogP contribution in [0.3, 0.4) is 0 Å². The van der Waals surface area contributed by atoms with Crippen LogP contribution in [0.4, 0.5) is 0 Å². The first-order chi connectivity index (χ1) is 10.3. The van der Waals surface area contributed by atoms with Crippen LogP contribution in [0.15, 0.2) is 29.2 Å². The minimum absolute atomic E-state index is 0.865. The van der Waals surface area contributed by atoms with Gasteiger partial charge in [0, 0.05) is 23.4 Å². The van der Waals surface area contributed by atoms with E-state index in [0.717, 1.165) is 17.2 Å². The molecule has 0 aliphatic heterocycles. The number of aryl methyl sites for hydroxylation is 1. The Morgan fingerprint density at radius 1 is 1.14 bits per heavy atom. The van der Waals surface area contributed by atoms with Crippen molar-refractivity contribution < 1.29 is 4.18 Å². The van der Waals surface area contributed by atoms with Gasteiger partial charge >= 0.3 is 0 Å². The molecule has 1 aliphatic rings. The number of rotatable bonds is 3. The van der Waals surface area contributed by atoms with Gasteiger partial charge in [0.15, 0.2) is 0 Å². The summed E-state index contributed by atoms with van der Waals surface area (Å²) in [7, 11) is 1.67. The molecule has 114 valence electrons. The van der Waals surface area contributed by atoms with Gasteiger partial charge in [0.2, 0.25) is 0 Å². The summed E-state index contributed by atoms with van der Waals surface area (Å²) < 4.78 is 4.88. The van der Waals surface area contributed by atoms with Crippen molar-refractivity contribution in [3.05, 3.63) is 29.8 Å². The Labute approximate surface area is 135 Å². The van der Waals surface area contributed by atoms with E-state index in [-0.39, 0.29) is 0 Å². The molecule has 0 amide bonds. The maximum atomic E-state index is 5.21. The molecule has 0 bridgehead atoms. The molecule has 21 heavy (non-hydrogen) atoms. The average molecular weight is 302 g/mol. The Morgan fingerprint density at radius 3 is 2.19 bits per heavy atom. The van der Waals surface area contributed by atoms with E-state index in [4.69, 9.17) is 10.6 Å². The largest absolute Gasteiger partial charge is 0.314 e. The van der Waals surface area contributed by atoms with Crippen molar-refractivity contribution >= 4 is 12.0 Å². The van der Waals surface area contributed by atoms with Gasteiger partial charge < -0.3 is 4.18 Å². The summed E-state index contributed by atoms with van der Waals surface area (Å²) in [6.45, 7) is 2.07. The Hall–Kier alpha value is -1.35. The first-order valence-electron chi connectivity index (χ1n) is 7.30. The van der Waals surface area contributed by atoms with E-state index in [1.54, 1.807) is 7.11 Å². The molecule has 0 radical (unpaired) electrons. The summed E-state index contributed by atoms with van der Waals surface area (Å²) in [5, 5.41) is 0. The molecule has 2 rings (SSSR count). The highest BCUT2D eigenvalue weighted by atomic mass is 32.2. The monoisotopic (exact) mass is 302 g/mol. The summed E-state index contributed by atoms with van der Waals surface area (Å²) in [5.41, 5.74) is 1.28. The number of benzene rings is 1. The maximum Gasteiger partial charge on any atom is 0.0508 e. The van der Waals surface area contributed by atoms with E-state index < -0.39 is 0 Å². The van der Waals surface area contributed by atoms with E-state index >= 15 is 0 Å². The van der Waals surface area contributed by atoms with Gasteiger partial charge in [-0.25, -0.2) is 0 Å². The van der Waals surface area contributed by atoms with Crippen LogP contribution in [0.25, 0.3) is 0 Å². The maximum absolute atomic E-state index is 5.21. The Balaban J connectivity index is 0.000000342. The SMILES string of the molecule is C#C.C#CCC1CCCCC1.COSc1ccc(C)cc1. The fourth-order valence-electron chi connectivity index (χ4n) is 2.25. The van der Waals surface area contributed by atoms with Gasteiger partial charge in [-0.15, -0.1) is 25.2 Å². The van der Waals surface area contributed by atoms with Gasteiger partial charge in [0.25, 0.3) is 0 Å². The second-order valence-corrected chi connectivity index (χ2v) is 5.95. The summed E-state index contributed by atoms with van der Waals surface area (Å²) in [4.78, 5) is 1.15. The zero-order valence-electron chi connectivity index (χ0n) is 13.2. The summed E-state index contributed by atoms with van der Waals surface area (Å²) in [5.74, 6) is 3.60. The number of hydrogen-bond donors (Lipinski definition) is 0. The highest BCUT2D eigenvalue weighted by Crippen LogP contribution is 2.25. The Kier molecular flexibility index (Phi) is 12.7. The van der Waals surface area contributed by atoms with Crippen molar-refractivity contribution in [1.82, 2.24) is 0 Å². The van der Waals surface area contributed by atoms with Crippen LogP contribution in [0.5, 0.6) is 0 Å². The molecule has 2 heteroatoms. The van der Waals surface area contributed by atoms with E-state index in [1.807, 2.05) is 12.1 Å². The predicted molar refractivity (Wildman–Crippen MR) is 94.0 cm³/mol. The molecule has 0 saturated heterocycles. The molecule has 1 nitrogen and oxygen atoms in total. The van der Waals surface area contributed by atoms with Crippen LogP contribution >= 0.6 is 12.0 Å². The molecular weight excluding hydrogens is 276 g/mol. The lowest BCUT2D eigenvalue weighted by Crippen LogP contribution is -2.04. The number of hydrogen-bond acceptors (Lipinski definition) is 2. The average Bonchev–Trinajstić information content (AvgIpc) is 2.54. The van der Waals surface area contributed by atoms with Crippen molar-refractivity contribution in [3.63, 3.8) is 0 Å². The summed E-state index contributed by atoms with van der Waals surface area (Å²) in [6.07, 6.45) is 21.2. The molecule has 0 heterocycles. The van der Waals surface area contributed by atoms with Gasteiger partial charge in [-0.1, -0.05) is 37.0 Å². The minimum Gasteiger partial charge on any atom is -0.314 e. The summed E-state index contributed by atoms with van der Waals surface area (Å²) >= 11 is 1.38. The topological polar surface area (TPSA) is 9.23 Å². The fourth-order valence-corrected chi connectivity index (χ4v) is 2.69. The van der Waals surface area contributed by atoms with Crippen LogP contribution in [-0.2, 0) is 4.18 Å². The molecule has 0 spiro atoms. The fraction of sp³-hybridized carbons (Fsp3) is 0.474. The highest BCUT2D eigenvalue weighted by Gasteiger charge is 2.10. The lowest BCUT2D eigenvalue weighted by Gasteiger charge is -2.18. The standard InChI is InChI=1S/C9H14.C8H10OS.C2H2/c1-2-6-9-7-4-3-5-8-9;1-7-3-5-8(6-4-7)10-9-2;1-2/h1,9H,3-8H2;3-6H,1-2H3;1-2H. The first-order valence-corrected chi connectivity index (χ1v) is 8.04. The van der Waals surface area contributed by atoms with E-state index in [0.29, 0.717) is 0 Å². The van der Waals surface area contributed by atoms with Crippen molar-refractivity contribution in [1.29, 1.82) is 0 Å². The van der Waals surface area contributed by atoms with Crippen LogP contribution in [-0.4, -0.2) is 7.11 Å². The van der Waals surface area contributed by atoms with Crippen molar-refractivity contribution in [2.75, 3.05) is 7.11 Å². The van der Waals surface area contributed by atoms with Crippen molar-refractivity contribution in [2.45, 2.75) is 50.3 Å². The van der Waals surface area contributed by atoms with Crippen LogP contribution in [0.2, 0.25) is 0 Å². The smallest absolute Gasteiger partial charge is 0.0508 e. The lowest BCUT2D eigenvalue weighted by atomic mass is 9.87. The molecule has 1 aliphatic carbocycles. The van der Waals surface area contributed by atoms with Gasteiger partial charge in [0.05, 0.1) is 7.11 Å². The zero-order valence-corrected chi connectivity index (χ0v) is 14.0. The van der Waals surface area contributed by atoms with Crippen LogP contribution < -0.4 is 0 Å². The second-order valence-electron chi connectivity index (χ2n) is 4.98. The molecule has 0 aromatic heterocycles. The van der Waals surface area contributed by atoms with Gasteiger partial charge in [-0.2, -0.15) is 0 Å². The van der Waals surface area contributed by atoms with Crippen molar-refractivity contribution in [2.24, 2.45) is 5.92 Å².